The molecule has 1 aliphatic rings. The van der Waals surface area contributed by atoms with Gasteiger partial charge in [-0.15, -0.1) is 0 Å². The molecule has 0 N–H and O–H groups in total. The topological polar surface area (TPSA) is 39.9 Å². The van der Waals surface area contributed by atoms with E-state index in [0.717, 1.165) is 12.3 Å². The van der Waals surface area contributed by atoms with Crippen LogP contribution in [0.1, 0.15) is 50.8 Å². The number of pyridine rings is 1. The van der Waals surface area contributed by atoms with Crippen molar-refractivity contribution in [2.75, 3.05) is 0 Å². The van der Waals surface area contributed by atoms with E-state index in [4.69, 9.17) is 4.74 Å². The Labute approximate surface area is 126 Å². The third kappa shape index (κ3) is 3.63. The van der Waals surface area contributed by atoms with Crippen LogP contribution in [0.25, 0.3) is 0 Å². The van der Waals surface area contributed by atoms with E-state index in [0.29, 0.717) is 5.92 Å². The molecule has 0 radical (unpaired) electrons. The lowest BCUT2D eigenvalue weighted by atomic mass is 9.88. The van der Waals surface area contributed by atoms with Crippen molar-refractivity contribution in [3.8, 4) is 5.75 Å². The summed E-state index contributed by atoms with van der Waals surface area (Å²) in [4.78, 5) is 8.68. The van der Waals surface area contributed by atoms with Gasteiger partial charge in [-0.3, -0.25) is 4.98 Å². The fourth-order valence-corrected chi connectivity index (χ4v) is 3.16. The van der Waals surface area contributed by atoms with Gasteiger partial charge in [0.1, 0.15) is 17.7 Å². The summed E-state index contributed by atoms with van der Waals surface area (Å²) in [6.07, 6.45) is 14.2. The van der Waals surface area contributed by atoms with Crippen molar-refractivity contribution in [3.05, 3.63) is 42.7 Å². The molecular formula is C17H23N3O. The monoisotopic (exact) mass is 285 g/mol. The maximum Gasteiger partial charge on any atom is 0.138 e. The van der Waals surface area contributed by atoms with Crippen molar-refractivity contribution in [3.63, 3.8) is 0 Å². The second-order valence-corrected chi connectivity index (χ2v) is 5.89. The largest absolute Gasteiger partial charge is 0.487 e. The van der Waals surface area contributed by atoms with Gasteiger partial charge in [0.15, 0.2) is 0 Å². The van der Waals surface area contributed by atoms with E-state index in [2.05, 4.69) is 27.7 Å². The average Bonchev–Trinajstić information content (AvgIpc) is 2.97. The summed E-state index contributed by atoms with van der Waals surface area (Å²) in [5, 5.41) is 0. The lowest BCUT2D eigenvalue weighted by Gasteiger charge is -2.23. The maximum atomic E-state index is 5.92. The first kappa shape index (κ1) is 14.1. The van der Waals surface area contributed by atoms with Crippen molar-refractivity contribution in [2.24, 2.45) is 0 Å². The van der Waals surface area contributed by atoms with E-state index in [9.17, 15) is 0 Å². The summed E-state index contributed by atoms with van der Waals surface area (Å²) >= 11 is 0. The Hall–Kier alpha value is -1.84. The predicted molar refractivity (Wildman–Crippen MR) is 82.4 cm³/mol. The summed E-state index contributed by atoms with van der Waals surface area (Å²) in [5.74, 6) is 2.68. The number of ether oxygens (including phenoxy) is 1. The van der Waals surface area contributed by atoms with Crippen molar-refractivity contribution >= 4 is 0 Å². The molecule has 2 heterocycles. The summed E-state index contributed by atoms with van der Waals surface area (Å²) in [7, 11) is 0. The van der Waals surface area contributed by atoms with Crippen LogP contribution in [0.5, 0.6) is 5.75 Å². The van der Waals surface area contributed by atoms with E-state index in [1.807, 2.05) is 18.3 Å². The molecule has 112 valence electrons. The Morgan fingerprint density at radius 3 is 2.90 bits per heavy atom. The Kier molecular flexibility index (Phi) is 4.53. The molecule has 21 heavy (non-hydrogen) atoms. The van der Waals surface area contributed by atoms with Gasteiger partial charge in [0.2, 0.25) is 0 Å². The van der Waals surface area contributed by atoms with Gasteiger partial charge in [-0.2, -0.15) is 0 Å². The first-order chi connectivity index (χ1) is 10.3. The van der Waals surface area contributed by atoms with Gasteiger partial charge in [-0.05, 0) is 31.9 Å². The average molecular weight is 285 g/mol. The zero-order valence-corrected chi connectivity index (χ0v) is 12.6. The van der Waals surface area contributed by atoms with Crippen molar-refractivity contribution in [1.82, 2.24) is 14.5 Å². The Balaban J connectivity index is 1.63. The van der Waals surface area contributed by atoms with Crippen LogP contribution in [0, 0.1) is 0 Å². The molecule has 0 bridgehead atoms. The fourth-order valence-electron chi connectivity index (χ4n) is 3.16. The minimum Gasteiger partial charge on any atom is -0.487 e. The normalized spacial score (nSPS) is 17.6. The molecule has 1 fully saturated rings. The molecule has 3 rings (SSSR count). The third-order valence-electron chi connectivity index (χ3n) is 4.14. The fraction of sp³-hybridized carbons (Fsp3) is 0.529. The lowest BCUT2D eigenvalue weighted by Crippen LogP contribution is -2.22. The van der Waals surface area contributed by atoms with Gasteiger partial charge in [-0.25, -0.2) is 4.98 Å². The molecule has 1 aliphatic carbocycles. The highest BCUT2D eigenvalue weighted by molar-refractivity contribution is 5.15. The summed E-state index contributed by atoms with van der Waals surface area (Å²) < 4.78 is 8.18. The quantitative estimate of drug-likeness (QED) is 0.839. The summed E-state index contributed by atoms with van der Waals surface area (Å²) in [5.41, 5.74) is 0. The van der Waals surface area contributed by atoms with E-state index < -0.39 is 0 Å². The van der Waals surface area contributed by atoms with Crippen molar-refractivity contribution < 1.29 is 4.74 Å². The number of hydrogen-bond acceptors (Lipinski definition) is 3. The minimum atomic E-state index is 0.103. The van der Waals surface area contributed by atoms with Crippen molar-refractivity contribution in [1.29, 1.82) is 0 Å². The molecule has 0 aliphatic heterocycles. The molecule has 4 heteroatoms. The van der Waals surface area contributed by atoms with Gasteiger partial charge in [0.25, 0.3) is 0 Å². The Morgan fingerprint density at radius 1 is 1.29 bits per heavy atom. The third-order valence-corrected chi connectivity index (χ3v) is 4.14. The highest BCUT2D eigenvalue weighted by Crippen LogP contribution is 2.31. The smallest absolute Gasteiger partial charge is 0.138 e. The zero-order valence-electron chi connectivity index (χ0n) is 12.6. The summed E-state index contributed by atoms with van der Waals surface area (Å²) in [6.45, 7) is 2.93. The van der Waals surface area contributed by atoms with Gasteiger partial charge in [0, 0.05) is 24.5 Å². The molecule has 0 saturated heterocycles. The van der Waals surface area contributed by atoms with Crippen LogP contribution in [-0.2, 0) is 6.54 Å². The lowest BCUT2D eigenvalue weighted by molar-refractivity contribution is 0.196. The van der Waals surface area contributed by atoms with E-state index in [-0.39, 0.29) is 6.10 Å². The van der Waals surface area contributed by atoms with Gasteiger partial charge in [-0.1, -0.05) is 19.3 Å². The SMILES string of the molecule is CC(Cn1ccnc1C1CCCCC1)Oc1cccnc1. The Morgan fingerprint density at radius 2 is 2.14 bits per heavy atom. The molecule has 2 aromatic rings. The molecular weight excluding hydrogens is 262 g/mol. The summed E-state index contributed by atoms with van der Waals surface area (Å²) in [6, 6.07) is 3.84. The van der Waals surface area contributed by atoms with Gasteiger partial charge in [0.05, 0.1) is 12.7 Å². The number of nitrogens with zero attached hydrogens (tertiary/aromatic N) is 3. The predicted octanol–water partition coefficient (Wildman–Crippen LogP) is 3.79. The van der Waals surface area contributed by atoms with Crippen LogP contribution in [0.4, 0.5) is 0 Å². The molecule has 2 aromatic heterocycles. The minimum absolute atomic E-state index is 0.103. The standard InChI is InChI=1S/C17H23N3O/c1-14(21-16-8-5-9-18-12-16)13-20-11-10-19-17(20)15-6-3-2-4-7-15/h5,8-12,14-15H,2-4,6-7,13H2,1H3. The molecule has 0 aromatic carbocycles. The second kappa shape index (κ2) is 6.74. The Bertz CT molecular complexity index is 546. The molecule has 1 unspecified atom stereocenters. The molecule has 4 nitrogen and oxygen atoms in total. The van der Waals surface area contributed by atoms with Crippen LogP contribution >= 0.6 is 0 Å². The van der Waals surface area contributed by atoms with E-state index in [1.54, 1.807) is 12.4 Å². The first-order valence-electron chi connectivity index (χ1n) is 7.90. The number of hydrogen-bond donors (Lipinski definition) is 0. The van der Waals surface area contributed by atoms with E-state index >= 15 is 0 Å². The molecule has 1 saturated carbocycles. The van der Waals surface area contributed by atoms with Crippen LogP contribution in [0.2, 0.25) is 0 Å². The molecule has 0 amide bonds. The van der Waals surface area contributed by atoms with E-state index in [1.165, 1.54) is 37.9 Å². The second-order valence-electron chi connectivity index (χ2n) is 5.89. The van der Waals surface area contributed by atoms with Crippen LogP contribution in [-0.4, -0.2) is 20.6 Å². The van der Waals surface area contributed by atoms with Crippen LogP contribution in [0.15, 0.2) is 36.9 Å². The number of aromatic nitrogens is 3. The first-order valence-corrected chi connectivity index (χ1v) is 7.90. The zero-order chi connectivity index (χ0) is 14.5. The molecule has 1 atom stereocenters. The van der Waals surface area contributed by atoms with Gasteiger partial charge < -0.3 is 9.30 Å². The number of rotatable bonds is 5. The highest BCUT2D eigenvalue weighted by atomic mass is 16.5. The molecule has 0 spiro atoms. The van der Waals surface area contributed by atoms with Crippen LogP contribution < -0.4 is 4.74 Å². The highest BCUT2D eigenvalue weighted by Gasteiger charge is 2.20. The van der Waals surface area contributed by atoms with Crippen LogP contribution in [0.3, 0.4) is 0 Å². The van der Waals surface area contributed by atoms with Gasteiger partial charge >= 0.3 is 0 Å². The van der Waals surface area contributed by atoms with Crippen molar-refractivity contribution in [2.45, 2.75) is 57.6 Å². The number of imidazole rings is 1. The maximum absolute atomic E-state index is 5.92.